The second-order valence-electron chi connectivity index (χ2n) is 6.19. The Bertz CT molecular complexity index is 782. The molecule has 0 aliphatic carbocycles. The van der Waals surface area contributed by atoms with E-state index in [0.717, 1.165) is 31.2 Å². The monoisotopic (exact) mass is 318 g/mol. The summed E-state index contributed by atoms with van der Waals surface area (Å²) in [7, 11) is 0. The van der Waals surface area contributed by atoms with E-state index in [0.29, 0.717) is 31.3 Å². The van der Waals surface area contributed by atoms with Crippen LogP contribution in [0.3, 0.4) is 0 Å². The minimum absolute atomic E-state index is 0.140. The lowest BCUT2D eigenvalue weighted by molar-refractivity contribution is 0.108. The summed E-state index contributed by atoms with van der Waals surface area (Å²) in [6.45, 7) is 1.97. The minimum atomic E-state index is -0.501. The molecule has 2 fully saturated rings. The van der Waals surface area contributed by atoms with Crippen LogP contribution in [0.25, 0.3) is 10.9 Å². The molecular weight excluding hydrogens is 302 g/mol. The molecule has 1 unspecified atom stereocenters. The second-order valence-corrected chi connectivity index (χ2v) is 6.19. The summed E-state index contributed by atoms with van der Waals surface area (Å²) in [5, 5.41) is 0.529. The lowest BCUT2D eigenvalue weighted by Crippen LogP contribution is -2.43. The first-order chi connectivity index (χ1) is 11.2. The van der Waals surface area contributed by atoms with E-state index in [2.05, 4.69) is 19.9 Å². The fourth-order valence-corrected chi connectivity index (χ4v) is 3.63. The molecule has 0 bridgehead atoms. The van der Waals surface area contributed by atoms with Gasteiger partial charge in [0, 0.05) is 24.3 Å². The average molecular weight is 318 g/mol. The van der Waals surface area contributed by atoms with Crippen molar-refractivity contribution in [2.75, 3.05) is 19.7 Å². The molecule has 0 saturated carbocycles. The summed E-state index contributed by atoms with van der Waals surface area (Å²) in [5.74, 6) is -0.501. The highest BCUT2D eigenvalue weighted by Crippen LogP contribution is 2.41. The molecule has 2 aromatic rings. The number of hydrogen-bond acceptors (Lipinski definition) is 5. The Morgan fingerprint density at radius 2 is 2.26 bits per heavy atom. The van der Waals surface area contributed by atoms with Gasteiger partial charge in [0.25, 0.3) is 0 Å². The van der Waals surface area contributed by atoms with E-state index in [1.165, 1.54) is 12.4 Å². The van der Waals surface area contributed by atoms with Gasteiger partial charge < -0.3 is 4.74 Å². The smallest absolute Gasteiger partial charge is 0.317 e. The summed E-state index contributed by atoms with van der Waals surface area (Å²) in [5.41, 5.74) is 0.805. The predicted molar refractivity (Wildman–Crippen MR) is 80.1 cm³/mol. The van der Waals surface area contributed by atoms with Crippen LogP contribution in [0.1, 0.15) is 19.3 Å². The highest BCUT2D eigenvalue weighted by Gasteiger charge is 2.47. The fraction of sp³-hybridized carbons (Fsp3) is 0.438. The van der Waals surface area contributed by atoms with Crippen molar-refractivity contribution in [2.24, 2.45) is 0 Å². The number of aromatic nitrogens is 3. The van der Waals surface area contributed by atoms with Crippen molar-refractivity contribution < 1.29 is 13.5 Å². The number of fused-ring (bicyclic) bond motifs is 2. The maximum Gasteiger partial charge on any atom is 0.317 e. The van der Waals surface area contributed by atoms with Gasteiger partial charge in [-0.1, -0.05) is 0 Å². The van der Waals surface area contributed by atoms with Crippen molar-refractivity contribution in [3.8, 4) is 6.01 Å². The number of nitrogens with zero attached hydrogens (tertiary/aromatic N) is 4. The molecule has 0 spiro atoms. The molecule has 0 radical (unpaired) electrons. The molecule has 7 heteroatoms. The fourth-order valence-electron chi connectivity index (χ4n) is 3.63. The lowest BCUT2D eigenvalue weighted by Gasteiger charge is -2.30. The standard InChI is InChI=1S/C16H16F2N4O/c17-5-11-4-16(2-1-3-22(16)9-11)10-23-15-20-7-12-6-19-8-13(18)14(12)21-15/h5-8H,1-4,9-10H2/b11-5-. The Morgan fingerprint density at radius 3 is 3.13 bits per heavy atom. The molecular formula is C16H16F2N4O. The molecule has 2 aromatic heterocycles. The van der Waals surface area contributed by atoms with Gasteiger partial charge in [-0.25, -0.2) is 13.8 Å². The second kappa shape index (κ2) is 5.49. The maximum absolute atomic E-state index is 13.8. The minimum Gasteiger partial charge on any atom is -0.461 e. The molecule has 23 heavy (non-hydrogen) atoms. The zero-order chi connectivity index (χ0) is 15.9. The molecule has 2 saturated heterocycles. The van der Waals surface area contributed by atoms with Gasteiger partial charge in [-0.05, 0) is 31.4 Å². The molecule has 2 aliphatic rings. The van der Waals surface area contributed by atoms with Crippen molar-refractivity contribution in [2.45, 2.75) is 24.8 Å². The van der Waals surface area contributed by atoms with Gasteiger partial charge >= 0.3 is 6.01 Å². The van der Waals surface area contributed by atoms with E-state index in [1.807, 2.05) is 0 Å². The lowest BCUT2D eigenvalue weighted by atomic mass is 9.94. The van der Waals surface area contributed by atoms with Crippen LogP contribution < -0.4 is 4.74 Å². The molecule has 120 valence electrons. The van der Waals surface area contributed by atoms with Crippen molar-refractivity contribution in [3.05, 3.63) is 36.3 Å². The Morgan fingerprint density at radius 1 is 1.35 bits per heavy atom. The predicted octanol–water partition coefficient (Wildman–Crippen LogP) is 2.63. The number of rotatable bonds is 3. The quantitative estimate of drug-likeness (QED) is 0.871. The summed E-state index contributed by atoms with van der Waals surface area (Å²) in [4.78, 5) is 14.3. The molecule has 1 atom stereocenters. The van der Waals surface area contributed by atoms with E-state index in [-0.39, 0.29) is 17.1 Å². The van der Waals surface area contributed by atoms with Gasteiger partial charge in [-0.3, -0.25) is 9.88 Å². The van der Waals surface area contributed by atoms with Crippen LogP contribution in [0, 0.1) is 5.82 Å². The van der Waals surface area contributed by atoms with Crippen molar-refractivity contribution in [1.82, 2.24) is 19.9 Å². The van der Waals surface area contributed by atoms with Crippen molar-refractivity contribution in [3.63, 3.8) is 0 Å². The van der Waals surface area contributed by atoms with Gasteiger partial charge in [0.2, 0.25) is 0 Å². The van der Waals surface area contributed by atoms with Gasteiger partial charge in [0.1, 0.15) is 12.1 Å². The first-order valence-electron chi connectivity index (χ1n) is 7.62. The molecule has 2 aliphatic heterocycles. The zero-order valence-corrected chi connectivity index (χ0v) is 12.5. The van der Waals surface area contributed by atoms with E-state index >= 15 is 0 Å². The third-order valence-corrected chi connectivity index (χ3v) is 4.74. The third-order valence-electron chi connectivity index (χ3n) is 4.74. The van der Waals surface area contributed by atoms with Crippen molar-refractivity contribution >= 4 is 10.9 Å². The summed E-state index contributed by atoms with van der Waals surface area (Å²) in [6.07, 6.45) is 7.52. The Labute approximate surface area is 132 Å². The van der Waals surface area contributed by atoms with Crippen LogP contribution >= 0.6 is 0 Å². The number of pyridine rings is 1. The molecule has 0 N–H and O–H groups in total. The molecule has 5 nitrogen and oxygen atoms in total. The first-order valence-corrected chi connectivity index (χ1v) is 7.62. The Kier molecular flexibility index (Phi) is 3.45. The Hall–Kier alpha value is -2.15. The van der Waals surface area contributed by atoms with Crippen LogP contribution in [-0.2, 0) is 0 Å². The number of ether oxygens (including phenoxy) is 1. The number of hydrogen-bond donors (Lipinski definition) is 0. The normalized spacial score (nSPS) is 26.1. The molecule has 0 aromatic carbocycles. The largest absolute Gasteiger partial charge is 0.461 e. The van der Waals surface area contributed by atoms with E-state index in [9.17, 15) is 8.78 Å². The SMILES string of the molecule is F/C=C1\CN2CCCC2(COc2ncc3cncc(F)c3n2)C1. The zero-order valence-electron chi connectivity index (χ0n) is 12.5. The summed E-state index contributed by atoms with van der Waals surface area (Å²) < 4.78 is 32.4. The number of halogens is 2. The van der Waals surface area contributed by atoms with Crippen LogP contribution in [0.15, 0.2) is 30.5 Å². The van der Waals surface area contributed by atoms with Crippen LogP contribution in [-0.4, -0.2) is 45.1 Å². The van der Waals surface area contributed by atoms with E-state index < -0.39 is 5.82 Å². The van der Waals surface area contributed by atoms with E-state index in [1.54, 1.807) is 0 Å². The average Bonchev–Trinajstić information content (AvgIpc) is 3.10. The van der Waals surface area contributed by atoms with Crippen LogP contribution in [0.4, 0.5) is 8.78 Å². The third kappa shape index (κ3) is 2.45. The topological polar surface area (TPSA) is 51.1 Å². The maximum atomic E-state index is 13.8. The van der Waals surface area contributed by atoms with Gasteiger partial charge in [-0.2, -0.15) is 4.98 Å². The van der Waals surface area contributed by atoms with Crippen LogP contribution in [0.2, 0.25) is 0 Å². The highest BCUT2D eigenvalue weighted by molar-refractivity contribution is 5.77. The Balaban J connectivity index is 1.56. The van der Waals surface area contributed by atoms with Gasteiger partial charge in [0.15, 0.2) is 5.82 Å². The van der Waals surface area contributed by atoms with E-state index in [4.69, 9.17) is 4.74 Å². The van der Waals surface area contributed by atoms with Gasteiger partial charge in [0.05, 0.1) is 18.1 Å². The molecule has 4 heterocycles. The van der Waals surface area contributed by atoms with Crippen molar-refractivity contribution in [1.29, 1.82) is 0 Å². The van der Waals surface area contributed by atoms with Crippen LogP contribution in [0.5, 0.6) is 6.01 Å². The molecule has 4 rings (SSSR count). The highest BCUT2D eigenvalue weighted by atomic mass is 19.1. The van der Waals surface area contributed by atoms with Gasteiger partial charge in [-0.15, -0.1) is 0 Å². The molecule has 0 amide bonds. The summed E-state index contributed by atoms with van der Waals surface area (Å²) >= 11 is 0. The first kappa shape index (κ1) is 14.4. The summed E-state index contributed by atoms with van der Waals surface area (Å²) in [6, 6.07) is 0.140.